The predicted octanol–water partition coefficient (Wildman–Crippen LogP) is 2.90. The fraction of sp³-hybridized carbons (Fsp3) is 0.176. The number of aromatic nitrogens is 2. The minimum absolute atomic E-state index is 0.0304. The third-order valence-corrected chi connectivity index (χ3v) is 6.82. The number of H-pyrrole nitrogens is 2. The second-order valence-electron chi connectivity index (χ2n) is 5.98. The number of rotatable bonds is 4. The summed E-state index contributed by atoms with van der Waals surface area (Å²) in [6.45, 7) is 1.70. The summed E-state index contributed by atoms with van der Waals surface area (Å²) in [5.41, 5.74) is -0.514. The SMILES string of the molecule is CC(c1ccc(Cl)cc1Cl)N(C)S(=O)(=O)c1ccc2[nH]c(=O)c(=O)[nH]c2c1. The summed E-state index contributed by atoms with van der Waals surface area (Å²) in [7, 11) is -2.46. The van der Waals surface area contributed by atoms with Gasteiger partial charge in [0, 0.05) is 23.1 Å². The van der Waals surface area contributed by atoms with E-state index in [9.17, 15) is 18.0 Å². The van der Waals surface area contributed by atoms with Gasteiger partial charge in [-0.1, -0.05) is 29.3 Å². The number of nitrogens with zero attached hydrogens (tertiary/aromatic N) is 1. The summed E-state index contributed by atoms with van der Waals surface area (Å²) in [6, 6.07) is 8.37. The van der Waals surface area contributed by atoms with E-state index >= 15 is 0 Å². The van der Waals surface area contributed by atoms with Crippen molar-refractivity contribution in [2.75, 3.05) is 7.05 Å². The molecule has 0 saturated carbocycles. The number of hydrogen-bond donors (Lipinski definition) is 2. The van der Waals surface area contributed by atoms with Gasteiger partial charge in [-0.05, 0) is 42.8 Å². The van der Waals surface area contributed by atoms with E-state index in [-0.39, 0.29) is 10.4 Å². The Hall–Kier alpha value is -2.13. The minimum atomic E-state index is -3.90. The van der Waals surface area contributed by atoms with E-state index in [0.29, 0.717) is 21.1 Å². The number of nitrogens with one attached hydrogen (secondary N) is 2. The molecule has 0 aliphatic heterocycles. The quantitative estimate of drug-likeness (QED) is 0.624. The van der Waals surface area contributed by atoms with E-state index in [1.807, 2.05) is 0 Å². The first kappa shape index (κ1) is 19.6. The molecule has 2 N–H and O–H groups in total. The van der Waals surface area contributed by atoms with E-state index in [4.69, 9.17) is 23.2 Å². The zero-order valence-corrected chi connectivity index (χ0v) is 16.6. The van der Waals surface area contributed by atoms with Crippen LogP contribution in [0.4, 0.5) is 0 Å². The Morgan fingerprint density at radius 3 is 2.22 bits per heavy atom. The summed E-state index contributed by atoms with van der Waals surface area (Å²) < 4.78 is 27.2. The van der Waals surface area contributed by atoms with Gasteiger partial charge in [-0.3, -0.25) is 9.59 Å². The summed E-state index contributed by atoms with van der Waals surface area (Å²) in [6.07, 6.45) is 0. The molecule has 0 bridgehead atoms. The normalized spacial score (nSPS) is 13.2. The van der Waals surface area contributed by atoms with Crippen molar-refractivity contribution in [3.05, 3.63) is 72.7 Å². The van der Waals surface area contributed by atoms with Crippen LogP contribution in [0.3, 0.4) is 0 Å². The minimum Gasteiger partial charge on any atom is -0.316 e. The average molecular weight is 428 g/mol. The highest BCUT2D eigenvalue weighted by atomic mass is 35.5. The summed E-state index contributed by atoms with van der Waals surface area (Å²) in [5.74, 6) is 0. The van der Waals surface area contributed by atoms with Gasteiger partial charge in [0.1, 0.15) is 0 Å². The van der Waals surface area contributed by atoms with Crippen LogP contribution in [0.15, 0.2) is 50.9 Å². The van der Waals surface area contributed by atoms with Crippen molar-refractivity contribution in [1.29, 1.82) is 0 Å². The van der Waals surface area contributed by atoms with E-state index < -0.39 is 27.2 Å². The standard InChI is InChI=1S/C17H15Cl2N3O4S/c1-9(12-5-3-10(18)7-13(12)19)22(2)27(25,26)11-4-6-14-15(8-11)21-17(24)16(23)20-14/h3-9H,1-2H3,(H,20,23)(H,21,24). The monoisotopic (exact) mass is 427 g/mol. The lowest BCUT2D eigenvalue weighted by atomic mass is 10.1. The zero-order chi connectivity index (χ0) is 19.9. The van der Waals surface area contributed by atoms with Crippen molar-refractivity contribution in [3.8, 4) is 0 Å². The van der Waals surface area contributed by atoms with Crippen LogP contribution < -0.4 is 11.1 Å². The Kier molecular flexibility index (Phi) is 5.18. The fourth-order valence-corrected chi connectivity index (χ4v) is 4.60. The molecule has 1 unspecified atom stereocenters. The largest absolute Gasteiger partial charge is 0.316 e. The third kappa shape index (κ3) is 3.66. The maximum absolute atomic E-state index is 13.0. The van der Waals surface area contributed by atoms with Crippen molar-refractivity contribution in [1.82, 2.24) is 14.3 Å². The molecule has 7 nitrogen and oxygen atoms in total. The topological polar surface area (TPSA) is 103 Å². The first-order chi connectivity index (χ1) is 12.6. The van der Waals surface area contributed by atoms with Gasteiger partial charge in [-0.15, -0.1) is 0 Å². The van der Waals surface area contributed by atoms with E-state index in [2.05, 4.69) is 9.97 Å². The molecule has 0 saturated heterocycles. The van der Waals surface area contributed by atoms with E-state index in [1.165, 1.54) is 29.6 Å². The Morgan fingerprint density at radius 2 is 1.59 bits per heavy atom. The molecule has 3 aromatic rings. The van der Waals surface area contributed by atoms with E-state index in [1.54, 1.807) is 25.1 Å². The molecule has 0 spiro atoms. The zero-order valence-electron chi connectivity index (χ0n) is 14.3. The average Bonchev–Trinajstić information content (AvgIpc) is 2.61. The molecule has 10 heteroatoms. The van der Waals surface area contributed by atoms with Gasteiger partial charge < -0.3 is 9.97 Å². The molecule has 0 amide bonds. The molecular weight excluding hydrogens is 413 g/mol. The van der Waals surface area contributed by atoms with Gasteiger partial charge in [0.15, 0.2) is 0 Å². The molecule has 0 aliphatic carbocycles. The lowest BCUT2D eigenvalue weighted by Gasteiger charge is -2.25. The molecule has 27 heavy (non-hydrogen) atoms. The number of hydrogen-bond acceptors (Lipinski definition) is 4. The van der Waals surface area contributed by atoms with Crippen LogP contribution in [0, 0.1) is 0 Å². The maximum Gasteiger partial charge on any atom is 0.314 e. The first-order valence-electron chi connectivity index (χ1n) is 7.80. The van der Waals surface area contributed by atoms with Crippen LogP contribution in [0.25, 0.3) is 11.0 Å². The molecule has 1 heterocycles. The Morgan fingerprint density at radius 1 is 0.963 bits per heavy atom. The lowest BCUT2D eigenvalue weighted by Crippen LogP contribution is -2.31. The molecule has 0 radical (unpaired) electrons. The van der Waals surface area contributed by atoms with Crippen LogP contribution >= 0.6 is 23.2 Å². The Labute approximate surface area is 164 Å². The van der Waals surface area contributed by atoms with Crippen LogP contribution in [0.5, 0.6) is 0 Å². The summed E-state index contributed by atoms with van der Waals surface area (Å²) >= 11 is 12.1. The number of aromatic amines is 2. The highest BCUT2D eigenvalue weighted by Gasteiger charge is 2.28. The lowest BCUT2D eigenvalue weighted by molar-refractivity contribution is 0.398. The fourth-order valence-electron chi connectivity index (χ4n) is 2.67. The number of sulfonamides is 1. The molecule has 1 aromatic heterocycles. The van der Waals surface area contributed by atoms with Crippen molar-refractivity contribution in [2.45, 2.75) is 17.9 Å². The van der Waals surface area contributed by atoms with Crippen LogP contribution in [-0.2, 0) is 10.0 Å². The van der Waals surface area contributed by atoms with Crippen molar-refractivity contribution < 1.29 is 8.42 Å². The molecule has 0 fully saturated rings. The Bertz CT molecular complexity index is 1250. The van der Waals surface area contributed by atoms with Gasteiger partial charge in [-0.25, -0.2) is 8.42 Å². The van der Waals surface area contributed by atoms with Gasteiger partial charge in [0.25, 0.3) is 0 Å². The highest BCUT2D eigenvalue weighted by molar-refractivity contribution is 7.89. The number of halogens is 2. The van der Waals surface area contributed by atoms with Crippen molar-refractivity contribution in [2.24, 2.45) is 0 Å². The Balaban J connectivity index is 2.04. The predicted molar refractivity (Wildman–Crippen MR) is 105 cm³/mol. The maximum atomic E-state index is 13.0. The van der Waals surface area contributed by atoms with Gasteiger partial charge in [0.2, 0.25) is 10.0 Å². The van der Waals surface area contributed by atoms with Crippen molar-refractivity contribution >= 4 is 44.3 Å². The van der Waals surface area contributed by atoms with Crippen LogP contribution in [0.2, 0.25) is 10.0 Å². The smallest absolute Gasteiger partial charge is 0.314 e. The van der Waals surface area contributed by atoms with Crippen LogP contribution in [0.1, 0.15) is 18.5 Å². The summed E-state index contributed by atoms with van der Waals surface area (Å²) in [4.78, 5) is 27.6. The molecular formula is C17H15Cl2N3O4S. The molecule has 0 aliphatic rings. The number of benzene rings is 2. The third-order valence-electron chi connectivity index (χ3n) is 4.33. The molecule has 3 rings (SSSR count). The highest BCUT2D eigenvalue weighted by Crippen LogP contribution is 2.32. The van der Waals surface area contributed by atoms with E-state index in [0.717, 1.165) is 0 Å². The van der Waals surface area contributed by atoms with Gasteiger partial charge in [-0.2, -0.15) is 4.31 Å². The first-order valence-corrected chi connectivity index (χ1v) is 10.00. The van der Waals surface area contributed by atoms with Gasteiger partial charge in [0.05, 0.1) is 15.9 Å². The summed E-state index contributed by atoms with van der Waals surface area (Å²) in [5, 5.41) is 0.811. The van der Waals surface area contributed by atoms with Crippen molar-refractivity contribution in [3.63, 3.8) is 0 Å². The van der Waals surface area contributed by atoms with Gasteiger partial charge >= 0.3 is 11.1 Å². The second-order valence-corrected chi connectivity index (χ2v) is 8.82. The molecule has 142 valence electrons. The molecule has 2 aromatic carbocycles. The van der Waals surface area contributed by atoms with Crippen LogP contribution in [-0.4, -0.2) is 29.7 Å². The molecule has 1 atom stereocenters. The second kappa shape index (κ2) is 7.12. The number of fused-ring (bicyclic) bond motifs is 1.